The van der Waals surface area contributed by atoms with E-state index in [1.165, 1.54) is 9.44 Å². The molecule has 1 aliphatic rings. The number of benzene rings is 1. The molecule has 0 atom stereocenters. The molecule has 1 aliphatic heterocycles. The third kappa shape index (κ3) is 4.37. The molecule has 0 amide bonds. The molecule has 1 aromatic carbocycles. The van der Waals surface area contributed by atoms with Crippen LogP contribution in [0.1, 0.15) is 30.2 Å². The highest BCUT2D eigenvalue weighted by Crippen LogP contribution is 2.33. The predicted octanol–water partition coefficient (Wildman–Crippen LogP) is 3.59. The zero-order valence-electron chi connectivity index (χ0n) is 18.4. The van der Waals surface area contributed by atoms with E-state index in [2.05, 4.69) is 16.7 Å². The van der Waals surface area contributed by atoms with Crippen LogP contribution in [0.5, 0.6) is 0 Å². The number of halogens is 1. The summed E-state index contributed by atoms with van der Waals surface area (Å²) in [4.78, 5) is 33.7. The smallest absolute Gasteiger partial charge is 0.309 e. The van der Waals surface area contributed by atoms with Crippen molar-refractivity contribution in [2.24, 2.45) is 0 Å². The number of nitrogens with zero attached hydrogens (tertiary/aromatic N) is 4. The molecule has 8 heteroatoms. The zero-order chi connectivity index (χ0) is 22.1. The van der Waals surface area contributed by atoms with E-state index < -0.39 is 0 Å². The Bertz CT molecular complexity index is 1190. The first-order valence-corrected chi connectivity index (χ1v) is 12.0. The molecule has 3 aromatic rings. The van der Waals surface area contributed by atoms with Crippen LogP contribution >= 0.6 is 22.9 Å². The highest BCUT2D eigenvalue weighted by Gasteiger charge is 2.26. The number of aryl methyl sites for hydroxylation is 1. The summed E-state index contributed by atoms with van der Waals surface area (Å²) in [5.74, 6) is 0. The van der Waals surface area contributed by atoms with Crippen molar-refractivity contribution in [3.8, 4) is 5.69 Å². The predicted molar refractivity (Wildman–Crippen MR) is 129 cm³/mol. The summed E-state index contributed by atoms with van der Waals surface area (Å²) < 4.78 is 3.13. The van der Waals surface area contributed by atoms with Crippen molar-refractivity contribution >= 4 is 33.2 Å². The van der Waals surface area contributed by atoms with Crippen LogP contribution in [0.4, 0.5) is 0 Å². The van der Waals surface area contributed by atoms with Gasteiger partial charge in [0.2, 0.25) is 0 Å². The van der Waals surface area contributed by atoms with Crippen molar-refractivity contribution in [3.63, 3.8) is 0 Å². The fourth-order valence-electron chi connectivity index (χ4n) is 4.33. The van der Waals surface area contributed by atoms with E-state index in [1.54, 1.807) is 35.6 Å². The maximum atomic E-state index is 13.6. The summed E-state index contributed by atoms with van der Waals surface area (Å²) in [6, 6.07) is 6.91. The summed E-state index contributed by atoms with van der Waals surface area (Å²) >= 11 is 7.66. The van der Waals surface area contributed by atoms with Gasteiger partial charge in [0.05, 0.1) is 11.1 Å². The lowest BCUT2D eigenvalue weighted by atomic mass is 10.1. The number of fused-ring (bicyclic) bond motifs is 3. The summed E-state index contributed by atoms with van der Waals surface area (Å²) in [5, 5.41) is 1.30. The molecule has 0 unspecified atom stereocenters. The maximum Gasteiger partial charge on any atom is 0.336 e. The van der Waals surface area contributed by atoms with Crippen LogP contribution in [-0.4, -0.2) is 52.7 Å². The van der Waals surface area contributed by atoms with E-state index in [0.717, 1.165) is 61.2 Å². The van der Waals surface area contributed by atoms with Crippen LogP contribution in [0.2, 0.25) is 5.02 Å². The second-order valence-electron chi connectivity index (χ2n) is 8.42. The molecule has 166 valence electrons. The molecule has 0 saturated heterocycles. The molecular weight excluding hydrogens is 432 g/mol. The van der Waals surface area contributed by atoms with Crippen molar-refractivity contribution < 1.29 is 0 Å². The van der Waals surface area contributed by atoms with Crippen molar-refractivity contribution in [1.82, 2.24) is 18.9 Å². The Kier molecular flexibility index (Phi) is 6.67. The lowest BCUT2D eigenvalue weighted by molar-refractivity contribution is 0.258. The highest BCUT2D eigenvalue weighted by molar-refractivity contribution is 7.18. The number of aromatic nitrogens is 2. The monoisotopic (exact) mass is 460 g/mol. The van der Waals surface area contributed by atoms with Gasteiger partial charge < -0.3 is 4.90 Å². The molecule has 4 rings (SSSR count). The average molecular weight is 461 g/mol. The molecule has 2 aromatic heterocycles. The topological polar surface area (TPSA) is 50.5 Å². The van der Waals surface area contributed by atoms with E-state index in [1.807, 2.05) is 18.7 Å². The van der Waals surface area contributed by atoms with Crippen molar-refractivity contribution in [3.05, 3.63) is 60.6 Å². The van der Waals surface area contributed by atoms with Gasteiger partial charge in [-0.25, -0.2) is 9.36 Å². The number of hydrogen-bond donors (Lipinski definition) is 0. The summed E-state index contributed by atoms with van der Waals surface area (Å²) in [6.45, 7) is 6.51. The molecule has 0 fully saturated rings. The molecule has 0 bridgehead atoms. The van der Waals surface area contributed by atoms with Gasteiger partial charge in [-0.05, 0) is 76.3 Å². The first kappa shape index (κ1) is 22.3. The Morgan fingerprint density at radius 1 is 1.13 bits per heavy atom. The Hall–Kier alpha value is -1.93. The van der Waals surface area contributed by atoms with Gasteiger partial charge in [0.15, 0.2) is 0 Å². The van der Waals surface area contributed by atoms with Gasteiger partial charge >= 0.3 is 5.69 Å². The third-order valence-electron chi connectivity index (χ3n) is 5.81. The minimum atomic E-state index is -0.275. The first-order chi connectivity index (χ1) is 14.9. The number of hydrogen-bond acceptors (Lipinski definition) is 5. The second-order valence-corrected chi connectivity index (χ2v) is 9.94. The summed E-state index contributed by atoms with van der Waals surface area (Å²) in [6.07, 6.45) is 2.80. The Balaban J connectivity index is 1.91. The van der Waals surface area contributed by atoms with Crippen LogP contribution in [0, 0.1) is 0 Å². The van der Waals surface area contributed by atoms with Crippen molar-refractivity contribution in [2.45, 2.75) is 39.3 Å². The van der Waals surface area contributed by atoms with E-state index in [0.29, 0.717) is 17.3 Å². The van der Waals surface area contributed by atoms with Gasteiger partial charge in [-0.15, -0.1) is 11.3 Å². The molecular formula is C23H29ClN4O2S. The normalized spacial score (nSPS) is 14.5. The Labute approximate surface area is 191 Å². The van der Waals surface area contributed by atoms with Crippen LogP contribution in [0.25, 0.3) is 15.9 Å². The molecule has 31 heavy (non-hydrogen) atoms. The molecule has 0 N–H and O–H groups in total. The average Bonchev–Trinajstić information content (AvgIpc) is 3.11. The lowest BCUT2D eigenvalue weighted by Crippen LogP contribution is -2.39. The molecule has 6 nitrogen and oxygen atoms in total. The van der Waals surface area contributed by atoms with Crippen LogP contribution in [-0.2, 0) is 19.5 Å². The fourth-order valence-corrected chi connectivity index (χ4v) is 5.85. The number of thiophene rings is 1. The molecule has 3 heterocycles. The standard InChI is InChI=1S/C23H29ClN4O2S/c1-4-11-26-14-10-18-19(15-26)31-22-20(18)21(29)28(17-8-6-16(24)7-9-17)23(30)27(22)13-5-12-25(2)3/h6-9H,4-5,10-15H2,1-3H3. The maximum absolute atomic E-state index is 13.6. The molecule has 0 saturated carbocycles. The van der Waals surface area contributed by atoms with E-state index >= 15 is 0 Å². The van der Waals surface area contributed by atoms with E-state index in [-0.39, 0.29) is 11.2 Å². The van der Waals surface area contributed by atoms with Crippen molar-refractivity contribution in [2.75, 3.05) is 33.7 Å². The third-order valence-corrected chi connectivity index (χ3v) is 7.31. The lowest BCUT2D eigenvalue weighted by Gasteiger charge is -2.26. The van der Waals surface area contributed by atoms with Gasteiger partial charge in [0.1, 0.15) is 4.83 Å². The quantitative estimate of drug-likeness (QED) is 0.540. The van der Waals surface area contributed by atoms with Gasteiger partial charge in [0, 0.05) is 29.5 Å². The molecule has 0 aliphatic carbocycles. The minimum absolute atomic E-state index is 0.215. The van der Waals surface area contributed by atoms with Crippen LogP contribution in [0.15, 0.2) is 33.9 Å². The minimum Gasteiger partial charge on any atom is -0.309 e. The van der Waals surface area contributed by atoms with Crippen LogP contribution in [0.3, 0.4) is 0 Å². The zero-order valence-corrected chi connectivity index (χ0v) is 19.9. The van der Waals surface area contributed by atoms with Crippen LogP contribution < -0.4 is 11.2 Å². The van der Waals surface area contributed by atoms with Crippen molar-refractivity contribution in [1.29, 1.82) is 0 Å². The summed E-state index contributed by atoms with van der Waals surface area (Å²) in [7, 11) is 4.05. The van der Waals surface area contributed by atoms with E-state index in [9.17, 15) is 9.59 Å². The SMILES string of the molecule is CCCN1CCc2c(sc3c2c(=O)n(-c2ccc(Cl)cc2)c(=O)n3CCCN(C)C)C1. The Morgan fingerprint density at radius 3 is 2.55 bits per heavy atom. The van der Waals surface area contributed by atoms with Gasteiger partial charge in [0.25, 0.3) is 5.56 Å². The first-order valence-electron chi connectivity index (χ1n) is 10.8. The molecule has 0 radical (unpaired) electrons. The fraction of sp³-hybridized carbons (Fsp3) is 0.478. The second kappa shape index (κ2) is 9.28. The van der Waals surface area contributed by atoms with Gasteiger partial charge in [-0.3, -0.25) is 14.3 Å². The van der Waals surface area contributed by atoms with E-state index in [4.69, 9.17) is 11.6 Å². The van der Waals surface area contributed by atoms with Gasteiger partial charge in [-0.1, -0.05) is 18.5 Å². The Morgan fingerprint density at radius 2 is 1.87 bits per heavy atom. The highest BCUT2D eigenvalue weighted by atomic mass is 35.5. The number of rotatable bonds is 7. The van der Waals surface area contributed by atoms with Gasteiger partial charge in [-0.2, -0.15) is 0 Å². The molecule has 0 spiro atoms. The largest absolute Gasteiger partial charge is 0.336 e. The summed E-state index contributed by atoms with van der Waals surface area (Å²) in [5.41, 5.74) is 1.20.